The second-order valence-electron chi connectivity index (χ2n) is 14.7. The molecule has 44 heavy (non-hydrogen) atoms. The van der Waals surface area contributed by atoms with Gasteiger partial charge in [0.25, 0.3) is 0 Å². The molecular formula is C35H63N5O4. The Labute approximate surface area is 267 Å². The Bertz CT molecular complexity index is 1000. The van der Waals surface area contributed by atoms with Crippen molar-refractivity contribution in [1.82, 2.24) is 25.3 Å². The van der Waals surface area contributed by atoms with Gasteiger partial charge in [-0.25, -0.2) is 0 Å². The Balaban J connectivity index is 2.19. The van der Waals surface area contributed by atoms with Crippen molar-refractivity contribution in [2.45, 2.75) is 150 Å². The number of carbonyl (C=O) groups is 4. The number of nitrogens with one attached hydrogen (secondary N) is 2. The summed E-state index contributed by atoms with van der Waals surface area (Å²) in [5.41, 5.74) is 0.0123. The van der Waals surface area contributed by atoms with Crippen LogP contribution in [0.3, 0.4) is 0 Å². The first-order valence-corrected chi connectivity index (χ1v) is 17.2. The first kappa shape index (κ1) is 37.8. The summed E-state index contributed by atoms with van der Waals surface area (Å²) >= 11 is 0. The fourth-order valence-corrected chi connectivity index (χ4v) is 6.56. The van der Waals surface area contributed by atoms with Gasteiger partial charge in [0.1, 0.15) is 12.1 Å². The number of amides is 4. The molecule has 2 aliphatic heterocycles. The molecule has 2 rings (SSSR count). The summed E-state index contributed by atoms with van der Waals surface area (Å²) in [4.78, 5) is 59.9. The van der Waals surface area contributed by atoms with Crippen LogP contribution in [0.25, 0.3) is 0 Å². The van der Waals surface area contributed by atoms with Crippen LogP contribution in [0, 0.1) is 11.3 Å². The predicted octanol–water partition coefficient (Wildman–Crippen LogP) is 4.90. The number of unbranched alkanes of at least 4 members (excludes halogenated alkanes) is 3. The molecule has 2 saturated heterocycles. The third-order valence-corrected chi connectivity index (χ3v) is 9.29. The molecule has 9 nitrogen and oxygen atoms in total. The Hall–Kier alpha value is -2.42. The lowest BCUT2D eigenvalue weighted by Crippen LogP contribution is -2.60. The van der Waals surface area contributed by atoms with Gasteiger partial charge >= 0.3 is 0 Å². The predicted molar refractivity (Wildman–Crippen MR) is 178 cm³/mol. The van der Waals surface area contributed by atoms with E-state index < -0.39 is 17.5 Å². The molecule has 0 aromatic heterocycles. The van der Waals surface area contributed by atoms with Crippen LogP contribution in [0.1, 0.15) is 120 Å². The molecule has 0 bridgehead atoms. The highest BCUT2D eigenvalue weighted by Gasteiger charge is 2.40. The quantitative estimate of drug-likeness (QED) is 0.213. The van der Waals surface area contributed by atoms with Crippen LogP contribution in [-0.2, 0) is 19.2 Å². The molecule has 9 heteroatoms. The minimum atomic E-state index is -0.717. The summed E-state index contributed by atoms with van der Waals surface area (Å²) < 4.78 is 0. The molecule has 2 fully saturated rings. The number of likely N-dealkylation sites (tertiary alicyclic amines) is 2. The van der Waals surface area contributed by atoms with Crippen molar-refractivity contribution in [2.75, 3.05) is 26.7 Å². The number of piperidine rings is 1. The van der Waals surface area contributed by atoms with Gasteiger partial charge in [-0.1, -0.05) is 73.3 Å². The van der Waals surface area contributed by atoms with Gasteiger partial charge in [0, 0.05) is 31.8 Å². The van der Waals surface area contributed by atoms with E-state index in [1.165, 1.54) is 0 Å². The van der Waals surface area contributed by atoms with Crippen molar-refractivity contribution in [3.8, 4) is 0 Å². The van der Waals surface area contributed by atoms with E-state index in [-0.39, 0.29) is 47.7 Å². The molecule has 2 heterocycles. The minimum absolute atomic E-state index is 0.0265. The Morgan fingerprint density at radius 2 is 1.57 bits per heavy atom. The highest BCUT2D eigenvalue weighted by atomic mass is 16.2. The summed E-state index contributed by atoms with van der Waals surface area (Å²) in [5, 5.41) is 6.17. The van der Waals surface area contributed by atoms with Crippen LogP contribution in [0.4, 0.5) is 0 Å². The number of nitrogens with zero attached hydrogens (tertiary/aromatic N) is 3. The first-order valence-electron chi connectivity index (χ1n) is 17.2. The van der Waals surface area contributed by atoms with Crippen LogP contribution >= 0.6 is 0 Å². The van der Waals surface area contributed by atoms with E-state index in [1.807, 2.05) is 40.7 Å². The lowest BCUT2D eigenvalue weighted by molar-refractivity contribution is -0.142. The Kier molecular flexibility index (Phi) is 14.9. The lowest BCUT2D eigenvalue weighted by atomic mass is 9.84. The van der Waals surface area contributed by atoms with Crippen molar-refractivity contribution in [3.05, 3.63) is 11.6 Å². The van der Waals surface area contributed by atoms with Gasteiger partial charge in [0.15, 0.2) is 0 Å². The largest absolute Gasteiger partial charge is 0.354 e. The van der Waals surface area contributed by atoms with Crippen molar-refractivity contribution in [2.24, 2.45) is 11.3 Å². The monoisotopic (exact) mass is 617 g/mol. The fourth-order valence-electron chi connectivity index (χ4n) is 6.56. The van der Waals surface area contributed by atoms with Gasteiger partial charge < -0.3 is 20.4 Å². The maximum atomic E-state index is 14.1. The highest BCUT2D eigenvalue weighted by Crippen LogP contribution is 2.27. The minimum Gasteiger partial charge on any atom is -0.354 e. The third kappa shape index (κ3) is 10.3. The third-order valence-electron chi connectivity index (χ3n) is 9.29. The van der Waals surface area contributed by atoms with Gasteiger partial charge in [-0.15, -0.1) is 0 Å². The first-order chi connectivity index (χ1) is 20.6. The van der Waals surface area contributed by atoms with Crippen molar-refractivity contribution in [3.63, 3.8) is 0 Å². The number of hydrogen-bond acceptors (Lipinski definition) is 5. The Morgan fingerprint density at radius 3 is 2.16 bits per heavy atom. The van der Waals surface area contributed by atoms with Gasteiger partial charge in [-0.05, 0) is 70.8 Å². The number of carbonyl (C=O) groups excluding carboxylic acids is 4. The number of hydrogen-bond donors (Lipinski definition) is 2. The molecule has 2 aliphatic rings. The SMILES string of the molecule is CCCCCCNC(=O)[C@@H]1CCCN1C(=O)/C(C)=C/[C@H](C(C)C)N(C)C(=O)[C@@H](NC(=O)[C@H]1CCCCN1C(C)C)C(C)(C)C. The van der Waals surface area contributed by atoms with Gasteiger partial charge in [-0.2, -0.15) is 0 Å². The maximum Gasteiger partial charge on any atom is 0.249 e. The Morgan fingerprint density at radius 1 is 0.909 bits per heavy atom. The van der Waals surface area contributed by atoms with E-state index in [9.17, 15) is 19.2 Å². The van der Waals surface area contributed by atoms with Gasteiger partial charge in [-0.3, -0.25) is 24.1 Å². The maximum absolute atomic E-state index is 14.1. The molecule has 0 radical (unpaired) electrons. The fraction of sp³-hybridized carbons (Fsp3) is 0.829. The number of rotatable bonds is 14. The van der Waals surface area contributed by atoms with E-state index in [0.29, 0.717) is 25.1 Å². The van der Waals surface area contributed by atoms with Gasteiger partial charge in [0.05, 0.1) is 12.1 Å². The summed E-state index contributed by atoms with van der Waals surface area (Å²) in [6.45, 7) is 20.2. The van der Waals surface area contributed by atoms with E-state index in [4.69, 9.17) is 0 Å². The number of likely N-dealkylation sites (N-methyl/N-ethyl adjacent to an activating group) is 1. The molecule has 0 spiro atoms. The van der Waals surface area contributed by atoms with Crippen molar-refractivity contribution in [1.29, 1.82) is 0 Å². The summed E-state index contributed by atoms with van der Waals surface area (Å²) in [5.74, 6) is -0.475. The van der Waals surface area contributed by atoms with Crippen LogP contribution in [0.2, 0.25) is 0 Å². The van der Waals surface area contributed by atoms with E-state index >= 15 is 0 Å². The normalized spacial score (nSPS) is 21.4. The molecule has 0 aromatic carbocycles. The summed E-state index contributed by atoms with van der Waals surface area (Å²) in [6.07, 6.45) is 10.5. The van der Waals surface area contributed by atoms with E-state index in [0.717, 1.165) is 57.9 Å². The van der Waals surface area contributed by atoms with Crippen LogP contribution in [0.5, 0.6) is 0 Å². The molecule has 0 aliphatic carbocycles. The van der Waals surface area contributed by atoms with Gasteiger partial charge in [0.2, 0.25) is 23.6 Å². The highest BCUT2D eigenvalue weighted by molar-refractivity contribution is 5.97. The topological polar surface area (TPSA) is 102 Å². The van der Waals surface area contributed by atoms with Crippen molar-refractivity contribution < 1.29 is 19.2 Å². The zero-order valence-electron chi connectivity index (χ0n) is 29.5. The van der Waals surface area contributed by atoms with E-state index in [1.54, 1.807) is 23.8 Å². The van der Waals surface area contributed by atoms with Crippen LogP contribution in [-0.4, -0.2) is 95.2 Å². The summed E-state index contributed by atoms with van der Waals surface area (Å²) in [7, 11) is 1.76. The second kappa shape index (κ2) is 17.3. The zero-order chi connectivity index (χ0) is 33.2. The average Bonchev–Trinajstić information content (AvgIpc) is 3.46. The molecule has 4 atom stereocenters. The zero-order valence-corrected chi connectivity index (χ0v) is 29.5. The lowest BCUT2D eigenvalue weighted by Gasteiger charge is -2.41. The smallest absolute Gasteiger partial charge is 0.249 e. The molecule has 2 N–H and O–H groups in total. The average molecular weight is 618 g/mol. The standard InChI is InChI=1S/C35H63N5O4/c1-11-12-13-15-20-36-31(41)27-19-17-22-40(27)33(43)26(6)23-29(24(2)3)38(10)34(44)30(35(7,8)9)37-32(42)28-18-14-16-21-39(28)25(4)5/h23-25,27-30H,11-22H2,1-10H3,(H,36,41)(H,37,42)/b26-23+/t27-,28+,29+,30+/m0/s1. The van der Waals surface area contributed by atoms with Crippen molar-refractivity contribution >= 4 is 23.6 Å². The second-order valence-corrected chi connectivity index (χ2v) is 14.7. The molecule has 4 amide bonds. The summed E-state index contributed by atoms with van der Waals surface area (Å²) in [6, 6.07) is -1.52. The van der Waals surface area contributed by atoms with Crippen LogP contribution < -0.4 is 10.6 Å². The molecule has 0 saturated carbocycles. The molecular weight excluding hydrogens is 554 g/mol. The molecule has 0 aromatic rings. The van der Waals surface area contributed by atoms with Crippen LogP contribution in [0.15, 0.2) is 11.6 Å². The molecule has 252 valence electrons. The molecule has 0 unspecified atom stereocenters. The van der Waals surface area contributed by atoms with E-state index in [2.05, 4.69) is 36.3 Å².